The molecule has 2 heterocycles. The number of imidazole rings is 2. The van der Waals surface area contributed by atoms with Crippen LogP contribution >= 0.6 is 0 Å². The van der Waals surface area contributed by atoms with Crippen LogP contribution in [0.15, 0.2) is 24.9 Å². The molecule has 5 heteroatoms. The van der Waals surface area contributed by atoms with Crippen molar-refractivity contribution in [1.29, 1.82) is 0 Å². The van der Waals surface area contributed by atoms with Gasteiger partial charge in [0.25, 0.3) is 0 Å². The van der Waals surface area contributed by atoms with E-state index in [2.05, 4.69) is 45.2 Å². The summed E-state index contributed by atoms with van der Waals surface area (Å²) >= 11 is 0. The third-order valence-corrected chi connectivity index (χ3v) is 2.94. The number of hydrogen-bond donors (Lipinski definition) is 1. The Morgan fingerprint density at radius 1 is 1.33 bits per heavy atom. The molecule has 0 amide bonds. The van der Waals surface area contributed by atoms with Gasteiger partial charge in [-0.2, -0.15) is 0 Å². The molecular weight excluding hydrogens is 226 g/mol. The Balaban J connectivity index is 2.07. The Morgan fingerprint density at radius 3 is 2.89 bits per heavy atom. The Kier molecular flexibility index (Phi) is 4.15. The predicted molar refractivity (Wildman–Crippen MR) is 71.2 cm³/mol. The van der Waals surface area contributed by atoms with Gasteiger partial charge in [-0.25, -0.2) is 9.97 Å². The summed E-state index contributed by atoms with van der Waals surface area (Å²) < 4.78 is 4.32. The van der Waals surface area contributed by atoms with Crippen molar-refractivity contribution in [3.8, 4) is 0 Å². The van der Waals surface area contributed by atoms with Crippen LogP contribution < -0.4 is 5.32 Å². The Hall–Kier alpha value is -1.62. The number of rotatable bonds is 6. The predicted octanol–water partition coefficient (Wildman–Crippen LogP) is 1.65. The maximum atomic E-state index is 4.39. The molecule has 2 aromatic rings. The third-order valence-electron chi connectivity index (χ3n) is 2.94. The van der Waals surface area contributed by atoms with Gasteiger partial charge in [-0.3, -0.25) is 0 Å². The Morgan fingerprint density at radius 2 is 2.17 bits per heavy atom. The van der Waals surface area contributed by atoms with Crippen molar-refractivity contribution < 1.29 is 0 Å². The van der Waals surface area contributed by atoms with Crippen molar-refractivity contribution in [2.24, 2.45) is 0 Å². The van der Waals surface area contributed by atoms with Crippen LogP contribution in [0.1, 0.15) is 32.3 Å². The van der Waals surface area contributed by atoms with E-state index < -0.39 is 0 Å². The first kappa shape index (κ1) is 12.8. The second-order valence-electron chi connectivity index (χ2n) is 4.68. The quantitative estimate of drug-likeness (QED) is 0.844. The fraction of sp³-hybridized carbons (Fsp3) is 0.538. The molecule has 1 N–H and O–H groups in total. The second-order valence-corrected chi connectivity index (χ2v) is 4.68. The minimum absolute atomic E-state index is 0.469. The molecule has 0 radical (unpaired) electrons. The van der Waals surface area contributed by atoms with Crippen molar-refractivity contribution in [3.63, 3.8) is 0 Å². The monoisotopic (exact) mass is 247 g/mol. The molecular formula is C13H21N5. The highest BCUT2D eigenvalue weighted by Gasteiger charge is 2.06. The van der Waals surface area contributed by atoms with Crippen LogP contribution in [-0.2, 0) is 19.6 Å². The third kappa shape index (κ3) is 2.98. The molecule has 0 saturated heterocycles. The van der Waals surface area contributed by atoms with E-state index in [4.69, 9.17) is 0 Å². The first-order valence-electron chi connectivity index (χ1n) is 6.43. The summed E-state index contributed by atoms with van der Waals surface area (Å²) in [4.78, 5) is 8.59. The van der Waals surface area contributed by atoms with Gasteiger partial charge in [-0.05, 0) is 6.92 Å². The molecule has 18 heavy (non-hydrogen) atoms. The standard InChI is InChI=1S/C13H21N5/c1-4-17-10-14-7-12(17)9-18-6-5-15-13(18)8-16-11(2)3/h5-7,10-11,16H,4,8-9H2,1-3H3. The summed E-state index contributed by atoms with van der Waals surface area (Å²) in [5.41, 5.74) is 1.21. The fourth-order valence-electron chi connectivity index (χ4n) is 1.89. The number of nitrogens with zero attached hydrogens (tertiary/aromatic N) is 4. The lowest BCUT2D eigenvalue weighted by molar-refractivity contribution is 0.549. The van der Waals surface area contributed by atoms with Crippen molar-refractivity contribution >= 4 is 0 Å². The van der Waals surface area contributed by atoms with Crippen LogP contribution in [0.3, 0.4) is 0 Å². The highest BCUT2D eigenvalue weighted by molar-refractivity contribution is 5.03. The SMILES string of the molecule is CCn1cncc1Cn1ccnc1CNC(C)C. The average molecular weight is 247 g/mol. The normalized spacial score (nSPS) is 11.3. The molecule has 0 aromatic carbocycles. The van der Waals surface area contributed by atoms with Gasteiger partial charge in [0.1, 0.15) is 5.82 Å². The van der Waals surface area contributed by atoms with Crippen molar-refractivity contribution in [1.82, 2.24) is 24.4 Å². The lowest BCUT2D eigenvalue weighted by atomic mass is 10.4. The van der Waals surface area contributed by atoms with E-state index in [1.54, 1.807) is 0 Å². The lowest BCUT2D eigenvalue weighted by Crippen LogP contribution is -2.24. The topological polar surface area (TPSA) is 47.7 Å². The number of aryl methyl sites for hydroxylation is 1. The number of hydrogen-bond acceptors (Lipinski definition) is 3. The average Bonchev–Trinajstić information content (AvgIpc) is 2.96. The zero-order chi connectivity index (χ0) is 13.0. The summed E-state index contributed by atoms with van der Waals surface area (Å²) in [6.45, 7) is 8.97. The molecule has 0 unspecified atom stereocenters. The van der Waals surface area contributed by atoms with Crippen LogP contribution in [-0.4, -0.2) is 25.1 Å². The summed E-state index contributed by atoms with van der Waals surface area (Å²) in [7, 11) is 0. The minimum atomic E-state index is 0.469. The summed E-state index contributed by atoms with van der Waals surface area (Å²) in [5, 5.41) is 3.39. The molecule has 2 aromatic heterocycles. The molecule has 0 aliphatic rings. The van der Waals surface area contributed by atoms with E-state index in [1.807, 2.05) is 24.9 Å². The van der Waals surface area contributed by atoms with Gasteiger partial charge >= 0.3 is 0 Å². The summed E-state index contributed by atoms with van der Waals surface area (Å²) in [6.07, 6.45) is 7.66. The van der Waals surface area contributed by atoms with Crippen molar-refractivity contribution in [3.05, 3.63) is 36.4 Å². The largest absolute Gasteiger partial charge is 0.333 e. The van der Waals surface area contributed by atoms with Crippen LogP contribution in [0.5, 0.6) is 0 Å². The van der Waals surface area contributed by atoms with Gasteiger partial charge in [0, 0.05) is 31.2 Å². The maximum Gasteiger partial charge on any atom is 0.123 e. The van der Waals surface area contributed by atoms with Crippen LogP contribution in [0.4, 0.5) is 0 Å². The molecule has 0 bridgehead atoms. The molecule has 0 spiro atoms. The van der Waals surface area contributed by atoms with Gasteiger partial charge in [-0.1, -0.05) is 13.8 Å². The fourth-order valence-corrected chi connectivity index (χ4v) is 1.89. The smallest absolute Gasteiger partial charge is 0.123 e. The van der Waals surface area contributed by atoms with Crippen LogP contribution in [0.25, 0.3) is 0 Å². The summed E-state index contributed by atoms with van der Waals surface area (Å²) in [5.74, 6) is 1.06. The molecule has 2 rings (SSSR count). The zero-order valence-electron chi connectivity index (χ0n) is 11.3. The van der Waals surface area contributed by atoms with Crippen molar-refractivity contribution in [2.75, 3.05) is 0 Å². The number of aromatic nitrogens is 4. The van der Waals surface area contributed by atoms with Gasteiger partial charge in [0.15, 0.2) is 0 Å². The Bertz CT molecular complexity index is 483. The molecule has 0 aliphatic carbocycles. The molecule has 0 fully saturated rings. The minimum Gasteiger partial charge on any atom is -0.333 e. The second kappa shape index (κ2) is 5.82. The van der Waals surface area contributed by atoms with E-state index in [0.717, 1.165) is 25.5 Å². The molecule has 0 saturated carbocycles. The maximum absolute atomic E-state index is 4.39. The van der Waals surface area contributed by atoms with E-state index >= 15 is 0 Å². The first-order chi connectivity index (χ1) is 8.70. The lowest BCUT2D eigenvalue weighted by Gasteiger charge is -2.11. The molecule has 5 nitrogen and oxygen atoms in total. The zero-order valence-corrected chi connectivity index (χ0v) is 11.3. The van der Waals surface area contributed by atoms with E-state index in [9.17, 15) is 0 Å². The molecule has 0 atom stereocenters. The molecule has 0 aliphatic heterocycles. The van der Waals surface area contributed by atoms with Crippen LogP contribution in [0, 0.1) is 0 Å². The highest BCUT2D eigenvalue weighted by Crippen LogP contribution is 2.06. The summed E-state index contributed by atoms with van der Waals surface area (Å²) in [6, 6.07) is 0.469. The first-order valence-corrected chi connectivity index (χ1v) is 6.43. The van der Waals surface area contributed by atoms with Crippen LogP contribution in [0.2, 0.25) is 0 Å². The Labute approximate surface area is 108 Å². The van der Waals surface area contributed by atoms with Gasteiger partial charge < -0.3 is 14.5 Å². The van der Waals surface area contributed by atoms with E-state index in [1.165, 1.54) is 5.69 Å². The van der Waals surface area contributed by atoms with Gasteiger partial charge in [0.2, 0.25) is 0 Å². The van der Waals surface area contributed by atoms with E-state index in [-0.39, 0.29) is 0 Å². The number of nitrogens with one attached hydrogen (secondary N) is 1. The van der Waals surface area contributed by atoms with Gasteiger partial charge in [0.05, 0.1) is 25.1 Å². The van der Waals surface area contributed by atoms with Gasteiger partial charge in [-0.15, -0.1) is 0 Å². The van der Waals surface area contributed by atoms with Crippen molar-refractivity contribution in [2.45, 2.75) is 46.4 Å². The molecule has 98 valence electrons. The van der Waals surface area contributed by atoms with E-state index in [0.29, 0.717) is 6.04 Å². The highest BCUT2D eigenvalue weighted by atomic mass is 15.1.